The van der Waals surface area contributed by atoms with E-state index in [0.29, 0.717) is 0 Å². The molecule has 1 atom stereocenters. The molecule has 0 fully saturated rings. The monoisotopic (exact) mass is 289 g/mol. The van der Waals surface area contributed by atoms with Gasteiger partial charge >= 0.3 is 0 Å². The van der Waals surface area contributed by atoms with Crippen LogP contribution in [-0.2, 0) is 26.3 Å². The normalized spacial score (nSPS) is 16.7. The fourth-order valence-corrected chi connectivity index (χ4v) is 4.26. The number of aromatic nitrogens is 2. The number of hydrogen-bond donors (Lipinski definition) is 1. The molecule has 20 heavy (non-hydrogen) atoms. The third kappa shape index (κ3) is 2.96. The van der Waals surface area contributed by atoms with E-state index < -0.39 is 0 Å². The topological polar surface area (TPSA) is 43.8 Å². The molecule has 2 heterocycles. The van der Waals surface area contributed by atoms with Crippen molar-refractivity contribution in [2.75, 3.05) is 0 Å². The fraction of sp³-hybridized carbons (Fsp3) is 0.562. The summed E-state index contributed by atoms with van der Waals surface area (Å²) in [6.45, 7) is 0. The van der Waals surface area contributed by atoms with Gasteiger partial charge in [0, 0.05) is 34.7 Å². The Kier molecular flexibility index (Phi) is 4.22. The van der Waals surface area contributed by atoms with E-state index in [1.54, 1.807) is 10.4 Å². The van der Waals surface area contributed by atoms with Crippen molar-refractivity contribution in [2.24, 2.45) is 12.8 Å². The van der Waals surface area contributed by atoms with Gasteiger partial charge in [0.25, 0.3) is 0 Å². The van der Waals surface area contributed by atoms with Crippen molar-refractivity contribution < 1.29 is 0 Å². The van der Waals surface area contributed by atoms with Crippen LogP contribution < -0.4 is 5.73 Å². The van der Waals surface area contributed by atoms with Gasteiger partial charge in [-0.1, -0.05) is 6.42 Å². The van der Waals surface area contributed by atoms with E-state index in [1.807, 2.05) is 29.3 Å². The Morgan fingerprint density at radius 3 is 3.00 bits per heavy atom. The summed E-state index contributed by atoms with van der Waals surface area (Å²) in [7, 11) is 1.99. The van der Waals surface area contributed by atoms with Crippen molar-refractivity contribution in [3.8, 4) is 0 Å². The Labute approximate surface area is 124 Å². The van der Waals surface area contributed by atoms with Crippen LogP contribution in [0.3, 0.4) is 0 Å². The molecule has 1 aliphatic carbocycles. The lowest BCUT2D eigenvalue weighted by Crippen LogP contribution is -2.11. The van der Waals surface area contributed by atoms with Crippen LogP contribution in [-0.4, -0.2) is 9.78 Å². The molecule has 2 aromatic rings. The summed E-state index contributed by atoms with van der Waals surface area (Å²) >= 11 is 1.95. The molecule has 3 nitrogen and oxygen atoms in total. The van der Waals surface area contributed by atoms with Gasteiger partial charge in [-0.05, 0) is 56.2 Å². The Balaban J connectivity index is 1.65. The second kappa shape index (κ2) is 6.10. The van der Waals surface area contributed by atoms with Gasteiger partial charge in [0.05, 0.1) is 0 Å². The van der Waals surface area contributed by atoms with Gasteiger partial charge in [0.2, 0.25) is 0 Å². The molecule has 0 aliphatic heterocycles. The molecule has 0 aromatic carbocycles. The molecular formula is C16H23N3S. The molecule has 0 radical (unpaired) electrons. The van der Waals surface area contributed by atoms with Gasteiger partial charge in [-0.3, -0.25) is 4.68 Å². The van der Waals surface area contributed by atoms with Crippen LogP contribution in [0.25, 0.3) is 0 Å². The minimum absolute atomic E-state index is 0.168. The number of nitrogens with two attached hydrogens (primary N) is 1. The summed E-state index contributed by atoms with van der Waals surface area (Å²) in [5, 5.41) is 4.21. The first-order valence-electron chi connectivity index (χ1n) is 7.58. The minimum Gasteiger partial charge on any atom is -0.323 e. The van der Waals surface area contributed by atoms with E-state index >= 15 is 0 Å². The Bertz CT molecular complexity index is 547. The van der Waals surface area contributed by atoms with E-state index in [0.717, 1.165) is 12.8 Å². The third-order valence-electron chi connectivity index (χ3n) is 4.27. The summed E-state index contributed by atoms with van der Waals surface area (Å²) in [6, 6.07) is 4.62. The second-order valence-corrected chi connectivity index (χ2v) is 6.92. The molecule has 3 rings (SSSR count). The van der Waals surface area contributed by atoms with Crippen molar-refractivity contribution in [3.63, 3.8) is 0 Å². The Morgan fingerprint density at radius 2 is 2.20 bits per heavy atom. The average molecular weight is 289 g/mol. The van der Waals surface area contributed by atoms with Gasteiger partial charge in [-0.25, -0.2) is 0 Å². The largest absolute Gasteiger partial charge is 0.323 e. The highest BCUT2D eigenvalue weighted by Gasteiger charge is 2.16. The number of nitrogens with zero attached hydrogens (tertiary/aromatic N) is 2. The van der Waals surface area contributed by atoms with Crippen LogP contribution in [0.2, 0.25) is 0 Å². The highest BCUT2D eigenvalue weighted by Crippen LogP contribution is 2.32. The molecular weight excluding hydrogens is 266 g/mol. The molecule has 0 amide bonds. The Hall–Kier alpha value is -1.13. The van der Waals surface area contributed by atoms with Gasteiger partial charge < -0.3 is 5.73 Å². The average Bonchev–Trinajstić information content (AvgIpc) is 2.97. The van der Waals surface area contributed by atoms with E-state index in [2.05, 4.69) is 17.2 Å². The lowest BCUT2D eigenvalue weighted by molar-refractivity contribution is 0.620. The lowest BCUT2D eigenvalue weighted by atomic mass is 10.1. The van der Waals surface area contributed by atoms with Crippen molar-refractivity contribution in [1.82, 2.24) is 9.78 Å². The number of thiophene rings is 1. The van der Waals surface area contributed by atoms with E-state index in [9.17, 15) is 0 Å². The van der Waals surface area contributed by atoms with Crippen LogP contribution in [0.15, 0.2) is 18.3 Å². The molecule has 2 aromatic heterocycles. The van der Waals surface area contributed by atoms with Crippen LogP contribution in [0.5, 0.6) is 0 Å². The van der Waals surface area contributed by atoms with Crippen molar-refractivity contribution in [1.29, 1.82) is 0 Å². The molecule has 1 aliphatic rings. The van der Waals surface area contributed by atoms with Crippen LogP contribution in [0.4, 0.5) is 0 Å². The summed E-state index contributed by atoms with van der Waals surface area (Å²) in [5.74, 6) is 0. The number of rotatable bonds is 4. The maximum atomic E-state index is 6.39. The SMILES string of the molecule is Cn1nccc1CCC(N)c1cc2c(s1)CCCCC2. The first-order chi connectivity index (χ1) is 9.74. The van der Waals surface area contributed by atoms with E-state index in [4.69, 9.17) is 5.73 Å². The first-order valence-corrected chi connectivity index (χ1v) is 8.39. The standard InChI is InChI=1S/C16H23N3S/c1-19-13(9-10-18-19)7-8-14(17)16-11-12-5-3-2-4-6-15(12)20-16/h9-11,14H,2-8,17H2,1H3. The third-order valence-corrected chi connectivity index (χ3v) is 5.63. The van der Waals surface area contributed by atoms with Gasteiger partial charge in [-0.15, -0.1) is 11.3 Å². The zero-order valence-electron chi connectivity index (χ0n) is 12.1. The zero-order valence-corrected chi connectivity index (χ0v) is 13.0. The van der Waals surface area contributed by atoms with E-state index in [1.165, 1.54) is 42.7 Å². The molecule has 0 bridgehead atoms. The smallest absolute Gasteiger partial charge is 0.0492 e. The van der Waals surface area contributed by atoms with Gasteiger partial charge in [-0.2, -0.15) is 5.10 Å². The van der Waals surface area contributed by atoms with Gasteiger partial charge in [0.15, 0.2) is 0 Å². The first kappa shape index (κ1) is 13.8. The highest BCUT2D eigenvalue weighted by atomic mass is 32.1. The molecule has 1 unspecified atom stereocenters. The maximum absolute atomic E-state index is 6.39. The predicted molar refractivity (Wildman–Crippen MR) is 84.0 cm³/mol. The predicted octanol–water partition coefficient (Wildman–Crippen LogP) is 3.38. The van der Waals surface area contributed by atoms with Gasteiger partial charge in [0.1, 0.15) is 0 Å². The molecule has 0 saturated carbocycles. The molecule has 2 N–H and O–H groups in total. The zero-order chi connectivity index (χ0) is 13.9. The molecule has 108 valence electrons. The van der Waals surface area contributed by atoms with Crippen molar-refractivity contribution in [2.45, 2.75) is 51.0 Å². The number of fused-ring (bicyclic) bond motifs is 1. The summed E-state index contributed by atoms with van der Waals surface area (Å²) in [4.78, 5) is 2.97. The van der Waals surface area contributed by atoms with Crippen molar-refractivity contribution in [3.05, 3.63) is 39.3 Å². The summed E-state index contributed by atoms with van der Waals surface area (Å²) in [6.07, 6.45) is 10.4. The van der Waals surface area contributed by atoms with Crippen LogP contribution >= 0.6 is 11.3 Å². The lowest BCUT2D eigenvalue weighted by Gasteiger charge is -2.09. The maximum Gasteiger partial charge on any atom is 0.0492 e. The highest BCUT2D eigenvalue weighted by molar-refractivity contribution is 7.12. The fourth-order valence-electron chi connectivity index (χ4n) is 2.97. The molecule has 4 heteroatoms. The summed E-state index contributed by atoms with van der Waals surface area (Å²) < 4.78 is 1.94. The van der Waals surface area contributed by atoms with Crippen LogP contribution in [0, 0.1) is 0 Å². The molecule has 0 saturated heterocycles. The number of aryl methyl sites for hydroxylation is 4. The molecule has 0 spiro atoms. The summed E-state index contributed by atoms with van der Waals surface area (Å²) in [5.41, 5.74) is 9.22. The second-order valence-electron chi connectivity index (χ2n) is 5.75. The quantitative estimate of drug-likeness (QED) is 0.877. The van der Waals surface area contributed by atoms with Crippen LogP contribution in [0.1, 0.15) is 52.7 Å². The van der Waals surface area contributed by atoms with Crippen molar-refractivity contribution >= 4 is 11.3 Å². The minimum atomic E-state index is 0.168. The Morgan fingerprint density at radius 1 is 1.35 bits per heavy atom. The van der Waals surface area contributed by atoms with E-state index in [-0.39, 0.29) is 6.04 Å². The number of hydrogen-bond acceptors (Lipinski definition) is 3.